The maximum atomic E-state index is 12.0. The Morgan fingerprint density at radius 2 is 1.85 bits per heavy atom. The van der Waals surface area contributed by atoms with Gasteiger partial charge in [0.15, 0.2) is 6.61 Å². The SMILES string of the molecule is COc1cc([N+](=O)[O-])ccc1NC(=O)COC(=O)c1ccc(C)c(C)c1. The number of carbonyl (C=O) groups excluding carboxylic acids is 2. The van der Waals surface area contributed by atoms with Crippen molar-refractivity contribution >= 4 is 23.3 Å². The fourth-order valence-electron chi connectivity index (χ4n) is 2.17. The van der Waals surface area contributed by atoms with E-state index in [1.54, 1.807) is 18.2 Å². The summed E-state index contributed by atoms with van der Waals surface area (Å²) >= 11 is 0. The molecule has 2 aromatic carbocycles. The fourth-order valence-corrected chi connectivity index (χ4v) is 2.17. The van der Waals surface area contributed by atoms with Gasteiger partial charge in [0.1, 0.15) is 5.75 Å². The van der Waals surface area contributed by atoms with Gasteiger partial charge in [-0.05, 0) is 43.2 Å². The van der Waals surface area contributed by atoms with Gasteiger partial charge in [0, 0.05) is 6.07 Å². The van der Waals surface area contributed by atoms with E-state index in [-0.39, 0.29) is 17.1 Å². The van der Waals surface area contributed by atoms with Gasteiger partial charge in [-0.25, -0.2) is 4.79 Å². The van der Waals surface area contributed by atoms with Gasteiger partial charge in [0.25, 0.3) is 11.6 Å². The highest BCUT2D eigenvalue weighted by Crippen LogP contribution is 2.28. The van der Waals surface area contributed by atoms with Gasteiger partial charge in [-0.2, -0.15) is 0 Å². The first-order chi connectivity index (χ1) is 12.3. The summed E-state index contributed by atoms with van der Waals surface area (Å²) in [6.07, 6.45) is 0. The molecule has 0 aromatic heterocycles. The molecular formula is C18H18N2O6. The minimum absolute atomic E-state index is 0.132. The molecule has 0 unspecified atom stereocenters. The van der Waals surface area contributed by atoms with Crippen molar-refractivity contribution in [1.29, 1.82) is 0 Å². The van der Waals surface area contributed by atoms with E-state index in [1.165, 1.54) is 25.3 Å². The standard InChI is InChI=1S/C18H18N2O6/c1-11-4-5-13(8-12(11)2)18(22)26-10-17(21)19-15-7-6-14(20(23)24)9-16(15)25-3/h4-9H,10H2,1-3H3,(H,19,21). The van der Waals surface area contributed by atoms with Crippen molar-refractivity contribution in [2.45, 2.75) is 13.8 Å². The molecule has 0 radical (unpaired) electrons. The number of esters is 1. The van der Waals surface area contributed by atoms with Crippen molar-refractivity contribution in [3.8, 4) is 5.75 Å². The number of nitrogens with zero attached hydrogens (tertiary/aromatic N) is 1. The molecule has 8 nitrogen and oxygen atoms in total. The van der Waals surface area contributed by atoms with E-state index >= 15 is 0 Å². The van der Waals surface area contributed by atoms with E-state index < -0.39 is 23.4 Å². The maximum Gasteiger partial charge on any atom is 0.338 e. The molecule has 136 valence electrons. The van der Waals surface area contributed by atoms with E-state index in [4.69, 9.17) is 9.47 Å². The van der Waals surface area contributed by atoms with Crippen LogP contribution in [0.4, 0.5) is 11.4 Å². The summed E-state index contributed by atoms with van der Waals surface area (Å²) < 4.78 is 10.0. The van der Waals surface area contributed by atoms with Gasteiger partial charge in [-0.1, -0.05) is 6.07 Å². The van der Waals surface area contributed by atoms with Gasteiger partial charge >= 0.3 is 5.97 Å². The Labute approximate surface area is 149 Å². The van der Waals surface area contributed by atoms with E-state index in [0.29, 0.717) is 5.56 Å². The Morgan fingerprint density at radius 1 is 1.12 bits per heavy atom. The number of nitro benzene ring substituents is 1. The van der Waals surface area contributed by atoms with Crippen LogP contribution in [0, 0.1) is 24.0 Å². The van der Waals surface area contributed by atoms with Crippen molar-refractivity contribution in [1.82, 2.24) is 0 Å². The molecule has 0 fully saturated rings. The summed E-state index contributed by atoms with van der Waals surface area (Å²) in [5.74, 6) is -1.07. The van der Waals surface area contributed by atoms with Crippen LogP contribution < -0.4 is 10.1 Å². The van der Waals surface area contributed by atoms with Crippen LogP contribution in [0.15, 0.2) is 36.4 Å². The van der Waals surface area contributed by atoms with Crippen LogP contribution >= 0.6 is 0 Å². The summed E-state index contributed by atoms with van der Waals surface area (Å²) in [7, 11) is 1.33. The van der Waals surface area contributed by atoms with Crippen LogP contribution in [0.5, 0.6) is 5.75 Å². The molecule has 0 bridgehead atoms. The zero-order valence-electron chi connectivity index (χ0n) is 14.6. The third-order valence-corrected chi connectivity index (χ3v) is 3.75. The van der Waals surface area contributed by atoms with Crippen LogP contribution in [0.2, 0.25) is 0 Å². The first-order valence-electron chi connectivity index (χ1n) is 7.68. The average molecular weight is 358 g/mol. The molecule has 0 atom stereocenters. The van der Waals surface area contributed by atoms with Crippen molar-refractivity contribution in [3.63, 3.8) is 0 Å². The molecule has 0 aliphatic heterocycles. The molecule has 0 aliphatic rings. The number of aryl methyl sites for hydroxylation is 2. The zero-order chi connectivity index (χ0) is 19.3. The molecule has 1 N–H and O–H groups in total. The van der Waals surface area contributed by atoms with Gasteiger partial charge in [-0.15, -0.1) is 0 Å². The van der Waals surface area contributed by atoms with Gasteiger partial charge in [0.2, 0.25) is 0 Å². The second-order valence-electron chi connectivity index (χ2n) is 5.57. The predicted molar refractivity (Wildman–Crippen MR) is 94.5 cm³/mol. The van der Waals surface area contributed by atoms with E-state index in [9.17, 15) is 19.7 Å². The van der Waals surface area contributed by atoms with Crippen molar-refractivity contribution in [2.75, 3.05) is 19.0 Å². The number of carbonyl (C=O) groups is 2. The lowest BCUT2D eigenvalue weighted by molar-refractivity contribution is -0.384. The van der Waals surface area contributed by atoms with Gasteiger partial charge < -0.3 is 14.8 Å². The number of hydrogen-bond acceptors (Lipinski definition) is 6. The largest absolute Gasteiger partial charge is 0.494 e. The topological polar surface area (TPSA) is 108 Å². The number of nitro groups is 1. The minimum atomic E-state index is -0.612. The third kappa shape index (κ3) is 4.56. The van der Waals surface area contributed by atoms with E-state index in [2.05, 4.69) is 5.32 Å². The highest BCUT2D eigenvalue weighted by atomic mass is 16.6. The lowest BCUT2D eigenvalue weighted by Gasteiger charge is -2.10. The lowest BCUT2D eigenvalue weighted by atomic mass is 10.1. The summed E-state index contributed by atoms with van der Waals surface area (Å²) in [6, 6.07) is 8.89. The van der Waals surface area contributed by atoms with Crippen LogP contribution in [0.25, 0.3) is 0 Å². The molecule has 0 saturated heterocycles. The smallest absolute Gasteiger partial charge is 0.338 e. The molecule has 0 saturated carbocycles. The van der Waals surface area contributed by atoms with Crippen molar-refractivity contribution in [3.05, 3.63) is 63.2 Å². The Morgan fingerprint density at radius 3 is 2.46 bits per heavy atom. The summed E-state index contributed by atoms with van der Waals surface area (Å²) in [4.78, 5) is 34.2. The molecule has 0 heterocycles. The van der Waals surface area contributed by atoms with E-state index in [1.807, 2.05) is 13.8 Å². The Kier molecular flexibility index (Phi) is 5.90. The Balaban J connectivity index is 1.99. The van der Waals surface area contributed by atoms with E-state index in [0.717, 1.165) is 11.1 Å². The number of anilines is 1. The number of benzene rings is 2. The number of amides is 1. The number of non-ortho nitro benzene ring substituents is 1. The number of ether oxygens (including phenoxy) is 2. The average Bonchev–Trinajstić information content (AvgIpc) is 2.62. The Bertz CT molecular complexity index is 863. The fraction of sp³-hybridized carbons (Fsp3) is 0.222. The molecule has 0 spiro atoms. The number of hydrogen-bond donors (Lipinski definition) is 1. The molecule has 0 aliphatic carbocycles. The summed E-state index contributed by atoms with van der Waals surface area (Å²) in [6.45, 7) is 3.31. The van der Waals surface area contributed by atoms with Crippen molar-refractivity contribution in [2.24, 2.45) is 0 Å². The minimum Gasteiger partial charge on any atom is -0.494 e. The van der Waals surface area contributed by atoms with Crippen molar-refractivity contribution < 1.29 is 24.0 Å². The molecule has 2 aromatic rings. The van der Waals surface area contributed by atoms with Crippen LogP contribution in [-0.2, 0) is 9.53 Å². The number of methoxy groups -OCH3 is 1. The molecular weight excluding hydrogens is 340 g/mol. The molecule has 2 rings (SSSR count). The first-order valence-corrected chi connectivity index (χ1v) is 7.68. The number of nitrogens with one attached hydrogen (secondary N) is 1. The zero-order valence-corrected chi connectivity index (χ0v) is 14.6. The molecule has 1 amide bonds. The predicted octanol–water partition coefficient (Wildman–Crippen LogP) is 3.02. The highest BCUT2D eigenvalue weighted by molar-refractivity contribution is 5.96. The quantitative estimate of drug-likeness (QED) is 0.483. The van der Waals surface area contributed by atoms with Crippen LogP contribution in [-0.4, -0.2) is 30.5 Å². The second-order valence-corrected chi connectivity index (χ2v) is 5.57. The van der Waals surface area contributed by atoms with Gasteiger partial charge in [-0.3, -0.25) is 14.9 Å². The molecule has 8 heteroatoms. The highest BCUT2D eigenvalue weighted by Gasteiger charge is 2.15. The normalized spacial score (nSPS) is 10.1. The van der Waals surface area contributed by atoms with Crippen LogP contribution in [0.1, 0.15) is 21.5 Å². The summed E-state index contributed by atoms with van der Waals surface area (Å²) in [5, 5.41) is 13.3. The van der Waals surface area contributed by atoms with Gasteiger partial charge in [0.05, 0.1) is 29.4 Å². The Hall–Kier alpha value is -3.42. The first kappa shape index (κ1) is 18.9. The number of rotatable bonds is 6. The monoisotopic (exact) mass is 358 g/mol. The second kappa shape index (κ2) is 8.11. The van der Waals surface area contributed by atoms with Crippen LogP contribution in [0.3, 0.4) is 0 Å². The maximum absolute atomic E-state index is 12.0. The summed E-state index contributed by atoms with van der Waals surface area (Å²) in [5.41, 5.74) is 2.42. The lowest BCUT2D eigenvalue weighted by Crippen LogP contribution is -2.21. The molecule has 26 heavy (non-hydrogen) atoms. The third-order valence-electron chi connectivity index (χ3n) is 3.75.